The molecule has 326 valence electrons. The molecule has 0 spiro atoms. The summed E-state index contributed by atoms with van der Waals surface area (Å²) in [7, 11) is -4.68. The number of allylic oxidation sites excluding steroid dienone is 12. The molecule has 0 heterocycles. The van der Waals surface area contributed by atoms with Gasteiger partial charge in [0, 0.05) is 12.8 Å². The maximum absolute atomic E-state index is 12.6. The number of rotatable bonds is 37. The smallest absolute Gasteiger partial charge is 0.462 e. The number of hydrogen-bond acceptors (Lipinski definition) is 11. The highest BCUT2D eigenvalue weighted by Gasteiger charge is 2.27. The second kappa shape index (κ2) is 38.6. The maximum Gasteiger partial charge on any atom is 0.472 e. The van der Waals surface area contributed by atoms with Gasteiger partial charge in [-0.1, -0.05) is 137 Å². The zero-order chi connectivity index (χ0) is 42.2. The summed E-state index contributed by atoms with van der Waals surface area (Å²) in [5.74, 6) is -1.18. The second-order valence-corrected chi connectivity index (χ2v) is 15.1. The predicted molar refractivity (Wildman–Crippen MR) is 226 cm³/mol. The van der Waals surface area contributed by atoms with Crippen LogP contribution in [0.5, 0.6) is 0 Å². The van der Waals surface area contributed by atoms with Gasteiger partial charge in [-0.25, -0.2) is 4.57 Å². The first-order valence-corrected chi connectivity index (χ1v) is 22.3. The third-order valence-corrected chi connectivity index (χ3v) is 9.19. The summed E-state index contributed by atoms with van der Waals surface area (Å²) in [5, 5.41) is 38.4. The van der Waals surface area contributed by atoms with Gasteiger partial charge in [0.15, 0.2) is 6.10 Å². The second-order valence-electron chi connectivity index (χ2n) is 13.7. The number of esters is 2. The van der Waals surface area contributed by atoms with Crippen LogP contribution in [0.3, 0.4) is 0 Å². The number of unbranched alkanes of at least 4 members (excludes halogenated alkanes) is 7. The first kappa shape index (κ1) is 54.1. The number of phosphoric ester groups is 1. The summed E-state index contributed by atoms with van der Waals surface area (Å²) >= 11 is 0. The number of ether oxygens (including phenoxy) is 2. The number of carbonyl (C=O) groups is 2. The molecular weight excluding hydrogens is 751 g/mol. The van der Waals surface area contributed by atoms with Crippen molar-refractivity contribution in [3.8, 4) is 0 Å². The van der Waals surface area contributed by atoms with Crippen LogP contribution in [0.2, 0.25) is 0 Å². The minimum atomic E-state index is -4.68. The van der Waals surface area contributed by atoms with Crippen LogP contribution in [0.15, 0.2) is 85.1 Å². The molecule has 0 aromatic rings. The van der Waals surface area contributed by atoms with Gasteiger partial charge in [0.25, 0.3) is 0 Å². The lowest BCUT2D eigenvalue weighted by molar-refractivity contribution is -0.161. The Morgan fingerprint density at radius 2 is 1.18 bits per heavy atom. The molecule has 0 saturated carbocycles. The van der Waals surface area contributed by atoms with E-state index >= 15 is 0 Å². The van der Waals surface area contributed by atoms with Crippen LogP contribution in [0.25, 0.3) is 0 Å². The Kier molecular flexibility index (Phi) is 36.6. The van der Waals surface area contributed by atoms with Gasteiger partial charge in [0.1, 0.15) is 12.7 Å². The van der Waals surface area contributed by atoms with Gasteiger partial charge in [-0.05, 0) is 64.2 Å². The van der Waals surface area contributed by atoms with E-state index in [1.54, 1.807) is 18.2 Å². The Hall–Kier alpha value is -2.93. The van der Waals surface area contributed by atoms with Gasteiger partial charge in [0.05, 0.1) is 32.0 Å². The highest BCUT2D eigenvalue weighted by molar-refractivity contribution is 7.47. The van der Waals surface area contributed by atoms with E-state index < -0.39 is 70.6 Å². The minimum Gasteiger partial charge on any atom is -0.462 e. The number of hydrogen-bond donors (Lipinski definition) is 5. The fourth-order valence-electron chi connectivity index (χ4n) is 4.98. The molecule has 5 atom stereocenters. The molecule has 0 aliphatic rings. The molecular formula is C44H73O12P. The molecule has 0 amide bonds. The predicted octanol–water partition coefficient (Wildman–Crippen LogP) is 8.61. The van der Waals surface area contributed by atoms with E-state index in [1.807, 2.05) is 30.4 Å². The van der Waals surface area contributed by atoms with Gasteiger partial charge < -0.3 is 34.8 Å². The molecule has 0 aliphatic heterocycles. The number of aliphatic hydroxyl groups excluding tert-OH is 4. The molecule has 13 heteroatoms. The molecule has 0 fully saturated rings. The average molecular weight is 825 g/mol. The summed E-state index contributed by atoms with van der Waals surface area (Å²) in [6.07, 6.45) is 37.6. The molecule has 0 aromatic carbocycles. The van der Waals surface area contributed by atoms with Crippen molar-refractivity contribution in [1.82, 2.24) is 0 Å². The highest BCUT2D eigenvalue weighted by Crippen LogP contribution is 2.43. The molecule has 57 heavy (non-hydrogen) atoms. The van der Waals surface area contributed by atoms with Gasteiger partial charge in [-0.15, -0.1) is 0 Å². The Bertz CT molecular complexity index is 1260. The van der Waals surface area contributed by atoms with Crippen LogP contribution in [0.1, 0.15) is 129 Å². The Balaban J connectivity index is 4.60. The van der Waals surface area contributed by atoms with Crippen LogP contribution < -0.4 is 0 Å². The summed E-state index contributed by atoms with van der Waals surface area (Å²) in [5.41, 5.74) is 0. The standard InChI is InChI=1S/C44H73O12P/c1-3-5-7-8-9-10-11-12-13-14-15-16-20-23-27-33-44(50)56-42(38-55-57(51,52)54-36-41(48)35-45)37-53-43(49)34-28-32-40(47)31-26-22-19-17-18-21-25-30-39(46)29-24-6-4-2/h5,7,9-10,12-13,18-19,21-22,25-26,30-31,39-42,45-48H,3-4,6,8,11,14-17,20,23-24,27-29,32-38H2,1-2H3,(H,51,52)/b7-5-,10-9-,13-12-,21-18-,22-19-,30-25+,31-26+/t39-,40-,41-,42+/m0/s1. The van der Waals surface area contributed by atoms with Crippen LogP contribution in [-0.4, -0.2) is 88.1 Å². The first-order valence-electron chi connectivity index (χ1n) is 20.8. The molecule has 0 aromatic heterocycles. The van der Waals surface area contributed by atoms with Crippen molar-refractivity contribution in [1.29, 1.82) is 0 Å². The fourth-order valence-corrected chi connectivity index (χ4v) is 5.77. The van der Waals surface area contributed by atoms with Crippen molar-refractivity contribution >= 4 is 19.8 Å². The van der Waals surface area contributed by atoms with Crippen molar-refractivity contribution in [3.63, 3.8) is 0 Å². The van der Waals surface area contributed by atoms with E-state index in [0.717, 1.165) is 77.0 Å². The van der Waals surface area contributed by atoms with Crippen molar-refractivity contribution in [2.75, 3.05) is 26.4 Å². The van der Waals surface area contributed by atoms with Crippen molar-refractivity contribution in [2.24, 2.45) is 0 Å². The lowest BCUT2D eigenvalue weighted by atomic mass is 10.1. The minimum absolute atomic E-state index is 0.0156. The van der Waals surface area contributed by atoms with Crippen molar-refractivity contribution in [2.45, 2.75) is 154 Å². The normalized spacial score (nSPS) is 15.8. The van der Waals surface area contributed by atoms with Gasteiger partial charge in [-0.3, -0.25) is 18.6 Å². The lowest BCUT2D eigenvalue weighted by Crippen LogP contribution is -2.30. The Labute approximate surface area is 342 Å². The average Bonchev–Trinajstić information content (AvgIpc) is 3.18. The number of carbonyl (C=O) groups excluding carboxylic acids is 2. The molecule has 5 N–H and O–H groups in total. The molecule has 0 bridgehead atoms. The molecule has 1 unspecified atom stereocenters. The number of aliphatic hydroxyl groups is 4. The molecule has 0 aliphatic carbocycles. The fraction of sp³-hybridized carbons (Fsp3) is 0.636. The van der Waals surface area contributed by atoms with E-state index in [2.05, 4.69) is 54.8 Å². The molecule has 12 nitrogen and oxygen atoms in total. The largest absolute Gasteiger partial charge is 0.472 e. The summed E-state index contributed by atoms with van der Waals surface area (Å²) < 4.78 is 32.5. The molecule has 0 radical (unpaired) electrons. The summed E-state index contributed by atoms with van der Waals surface area (Å²) in [6.45, 7) is 1.85. The number of phosphoric acid groups is 1. The van der Waals surface area contributed by atoms with Crippen LogP contribution >= 0.6 is 7.82 Å². The Morgan fingerprint density at radius 1 is 0.614 bits per heavy atom. The molecule has 0 rings (SSSR count). The van der Waals surface area contributed by atoms with Gasteiger partial charge >= 0.3 is 19.8 Å². The lowest BCUT2D eigenvalue weighted by Gasteiger charge is -2.20. The SMILES string of the molecule is CC/C=C\C/C=C\C/C=C\CCCCCCCC(=O)O[C@H](COC(=O)CCC[C@@H](O)/C=C/C=C\C/C=C\C=C\[C@@H](O)CCCCC)COP(=O)(O)OC[C@@H](O)CO. The van der Waals surface area contributed by atoms with Crippen LogP contribution in [-0.2, 0) is 32.7 Å². The van der Waals surface area contributed by atoms with E-state index in [0.29, 0.717) is 25.7 Å². The van der Waals surface area contributed by atoms with E-state index in [1.165, 1.54) is 0 Å². The third-order valence-electron chi connectivity index (χ3n) is 8.24. The summed E-state index contributed by atoms with van der Waals surface area (Å²) in [6, 6.07) is 0. The van der Waals surface area contributed by atoms with Crippen LogP contribution in [0.4, 0.5) is 0 Å². The highest BCUT2D eigenvalue weighted by atomic mass is 31.2. The zero-order valence-electron chi connectivity index (χ0n) is 34.5. The zero-order valence-corrected chi connectivity index (χ0v) is 35.4. The Morgan fingerprint density at radius 3 is 1.82 bits per heavy atom. The monoisotopic (exact) mass is 824 g/mol. The van der Waals surface area contributed by atoms with E-state index in [9.17, 15) is 34.4 Å². The van der Waals surface area contributed by atoms with E-state index in [4.69, 9.17) is 19.1 Å². The van der Waals surface area contributed by atoms with Crippen molar-refractivity contribution < 1.29 is 58.0 Å². The van der Waals surface area contributed by atoms with Crippen molar-refractivity contribution in [3.05, 3.63) is 85.1 Å². The van der Waals surface area contributed by atoms with E-state index in [-0.39, 0.29) is 12.8 Å². The molecule has 0 saturated heterocycles. The third kappa shape index (κ3) is 38.4. The maximum atomic E-state index is 12.6. The van der Waals surface area contributed by atoms with Gasteiger partial charge in [0.2, 0.25) is 0 Å². The summed E-state index contributed by atoms with van der Waals surface area (Å²) in [4.78, 5) is 35.0. The van der Waals surface area contributed by atoms with Crippen LogP contribution in [0, 0.1) is 0 Å². The quantitative estimate of drug-likeness (QED) is 0.0132. The van der Waals surface area contributed by atoms with Gasteiger partial charge in [-0.2, -0.15) is 0 Å². The topological polar surface area (TPSA) is 189 Å². The first-order chi connectivity index (χ1) is 27.5.